The zero-order valence-electron chi connectivity index (χ0n) is 7.29. The Bertz CT molecular complexity index is 447. The number of anilines is 1. The van der Waals surface area contributed by atoms with Gasteiger partial charge in [0.05, 0.1) is 5.52 Å². The summed E-state index contributed by atoms with van der Waals surface area (Å²) in [6, 6.07) is 3.67. The van der Waals surface area contributed by atoms with E-state index < -0.39 is 0 Å². The molecule has 0 bridgehead atoms. The van der Waals surface area contributed by atoms with Crippen molar-refractivity contribution in [1.82, 2.24) is 9.38 Å². The van der Waals surface area contributed by atoms with Gasteiger partial charge in [-0.3, -0.25) is 0 Å². The van der Waals surface area contributed by atoms with E-state index in [-0.39, 0.29) is 0 Å². The van der Waals surface area contributed by atoms with Crippen LogP contribution in [0.1, 0.15) is 12.7 Å². The molecule has 3 nitrogen and oxygen atoms in total. The fraction of sp³-hybridized carbons (Fsp3) is 0.222. The molecule has 2 aromatic rings. The standard InChI is InChI=1S/C9H10ClN3/c1-2-8-12-9(10)7-5-6(11)3-4-13(7)8/h3-5H,2,11H2,1H3. The zero-order chi connectivity index (χ0) is 9.42. The van der Waals surface area contributed by atoms with Crippen LogP contribution in [-0.4, -0.2) is 9.38 Å². The number of rotatable bonds is 1. The van der Waals surface area contributed by atoms with Gasteiger partial charge in [-0.2, -0.15) is 0 Å². The number of pyridine rings is 1. The Labute approximate surface area is 81.1 Å². The van der Waals surface area contributed by atoms with Crippen LogP contribution in [0.25, 0.3) is 5.52 Å². The molecular formula is C9H10ClN3. The third-order valence-corrected chi connectivity index (χ3v) is 2.29. The van der Waals surface area contributed by atoms with Gasteiger partial charge in [-0.05, 0) is 12.1 Å². The normalized spacial score (nSPS) is 10.9. The quantitative estimate of drug-likeness (QED) is 0.758. The highest BCUT2D eigenvalue weighted by Crippen LogP contribution is 2.20. The van der Waals surface area contributed by atoms with Crippen molar-refractivity contribution in [2.75, 3.05) is 5.73 Å². The number of imidazole rings is 1. The molecule has 0 aliphatic carbocycles. The number of nitrogens with two attached hydrogens (primary N) is 1. The number of hydrogen-bond donors (Lipinski definition) is 1. The summed E-state index contributed by atoms with van der Waals surface area (Å²) in [6.45, 7) is 2.04. The fourth-order valence-corrected chi connectivity index (χ4v) is 1.62. The van der Waals surface area contributed by atoms with Gasteiger partial charge in [0.25, 0.3) is 0 Å². The van der Waals surface area contributed by atoms with Crippen LogP contribution >= 0.6 is 11.6 Å². The predicted molar refractivity (Wildman–Crippen MR) is 54.0 cm³/mol. The van der Waals surface area contributed by atoms with E-state index in [4.69, 9.17) is 17.3 Å². The molecule has 0 atom stereocenters. The number of aryl methyl sites for hydroxylation is 1. The van der Waals surface area contributed by atoms with Gasteiger partial charge in [-0.1, -0.05) is 18.5 Å². The Morgan fingerprint density at radius 2 is 2.38 bits per heavy atom. The molecule has 13 heavy (non-hydrogen) atoms. The summed E-state index contributed by atoms with van der Waals surface area (Å²) in [7, 11) is 0. The van der Waals surface area contributed by atoms with E-state index in [0.29, 0.717) is 10.8 Å². The van der Waals surface area contributed by atoms with E-state index in [1.54, 1.807) is 0 Å². The van der Waals surface area contributed by atoms with Crippen LogP contribution < -0.4 is 5.73 Å². The molecule has 0 radical (unpaired) electrons. The molecule has 0 saturated heterocycles. The van der Waals surface area contributed by atoms with Crippen molar-refractivity contribution in [3.63, 3.8) is 0 Å². The fourth-order valence-electron chi connectivity index (χ4n) is 1.37. The molecule has 0 aliphatic heterocycles. The lowest BCUT2D eigenvalue weighted by atomic mass is 10.3. The average molecular weight is 196 g/mol. The number of nitrogens with zero attached hydrogens (tertiary/aromatic N) is 2. The molecule has 2 aromatic heterocycles. The average Bonchev–Trinajstić information content (AvgIpc) is 2.43. The number of fused-ring (bicyclic) bond motifs is 1. The van der Waals surface area contributed by atoms with Gasteiger partial charge < -0.3 is 10.1 Å². The van der Waals surface area contributed by atoms with E-state index in [0.717, 1.165) is 17.8 Å². The molecule has 0 spiro atoms. The summed E-state index contributed by atoms with van der Waals surface area (Å²) in [4.78, 5) is 4.22. The molecule has 0 fully saturated rings. The second kappa shape index (κ2) is 2.92. The maximum Gasteiger partial charge on any atom is 0.155 e. The summed E-state index contributed by atoms with van der Waals surface area (Å²) in [5.41, 5.74) is 7.22. The Hall–Kier alpha value is -1.22. The third-order valence-electron chi connectivity index (χ3n) is 2.01. The van der Waals surface area contributed by atoms with E-state index >= 15 is 0 Å². The minimum atomic E-state index is 0.518. The van der Waals surface area contributed by atoms with Gasteiger partial charge in [0, 0.05) is 18.3 Å². The second-order valence-corrected chi connectivity index (χ2v) is 3.25. The van der Waals surface area contributed by atoms with Crippen LogP contribution in [0.4, 0.5) is 5.69 Å². The molecule has 4 heteroatoms. The summed E-state index contributed by atoms with van der Waals surface area (Å²) >= 11 is 5.94. The molecule has 0 amide bonds. The zero-order valence-corrected chi connectivity index (χ0v) is 8.04. The smallest absolute Gasteiger partial charge is 0.155 e. The highest BCUT2D eigenvalue weighted by atomic mass is 35.5. The van der Waals surface area contributed by atoms with Gasteiger partial charge in [-0.15, -0.1) is 0 Å². The number of hydrogen-bond acceptors (Lipinski definition) is 2. The largest absolute Gasteiger partial charge is 0.399 e. The van der Waals surface area contributed by atoms with Gasteiger partial charge in [0.15, 0.2) is 5.15 Å². The highest BCUT2D eigenvalue weighted by molar-refractivity contribution is 6.32. The molecule has 2 rings (SSSR count). The van der Waals surface area contributed by atoms with Crippen LogP contribution in [0.3, 0.4) is 0 Å². The Morgan fingerprint density at radius 3 is 3.08 bits per heavy atom. The monoisotopic (exact) mass is 195 g/mol. The summed E-state index contributed by atoms with van der Waals surface area (Å²) in [5.74, 6) is 0.958. The lowest BCUT2D eigenvalue weighted by Gasteiger charge is -1.98. The highest BCUT2D eigenvalue weighted by Gasteiger charge is 2.06. The molecule has 0 aliphatic rings. The first-order valence-electron chi connectivity index (χ1n) is 4.14. The van der Waals surface area contributed by atoms with Crippen molar-refractivity contribution in [1.29, 1.82) is 0 Å². The minimum absolute atomic E-state index is 0.518. The Balaban J connectivity index is 2.80. The molecule has 0 saturated carbocycles. The summed E-state index contributed by atoms with van der Waals surface area (Å²) in [6.07, 6.45) is 2.75. The maximum atomic E-state index is 5.94. The lowest BCUT2D eigenvalue weighted by molar-refractivity contribution is 0.934. The van der Waals surface area contributed by atoms with Crippen LogP contribution in [0, 0.1) is 0 Å². The molecule has 0 aromatic carbocycles. The van der Waals surface area contributed by atoms with Gasteiger partial charge >= 0.3 is 0 Å². The van der Waals surface area contributed by atoms with Gasteiger partial charge in [0.1, 0.15) is 5.82 Å². The van der Waals surface area contributed by atoms with Crippen LogP contribution in [0.15, 0.2) is 18.3 Å². The Morgan fingerprint density at radius 1 is 1.62 bits per heavy atom. The first kappa shape index (κ1) is 8.38. The van der Waals surface area contributed by atoms with E-state index in [2.05, 4.69) is 4.98 Å². The van der Waals surface area contributed by atoms with Crippen molar-refractivity contribution in [2.45, 2.75) is 13.3 Å². The van der Waals surface area contributed by atoms with Gasteiger partial charge in [-0.25, -0.2) is 4.98 Å². The minimum Gasteiger partial charge on any atom is -0.399 e. The van der Waals surface area contributed by atoms with Crippen molar-refractivity contribution in [2.24, 2.45) is 0 Å². The molecular weight excluding hydrogens is 186 g/mol. The van der Waals surface area contributed by atoms with Crippen molar-refractivity contribution in [3.05, 3.63) is 29.3 Å². The number of nitrogen functional groups attached to an aromatic ring is 1. The van der Waals surface area contributed by atoms with Crippen molar-refractivity contribution < 1.29 is 0 Å². The summed E-state index contributed by atoms with van der Waals surface area (Å²) in [5, 5.41) is 0.518. The maximum absolute atomic E-state index is 5.94. The molecule has 2 N–H and O–H groups in total. The first-order valence-corrected chi connectivity index (χ1v) is 4.52. The lowest BCUT2D eigenvalue weighted by Crippen LogP contribution is -1.93. The predicted octanol–water partition coefficient (Wildman–Crippen LogP) is 2.13. The second-order valence-electron chi connectivity index (χ2n) is 2.89. The molecule has 0 unspecified atom stereocenters. The van der Waals surface area contributed by atoms with Gasteiger partial charge in [0.2, 0.25) is 0 Å². The van der Waals surface area contributed by atoms with E-state index in [9.17, 15) is 0 Å². The number of aromatic nitrogens is 2. The first-order chi connectivity index (χ1) is 6.22. The summed E-state index contributed by atoms with van der Waals surface area (Å²) < 4.78 is 1.96. The molecule has 68 valence electrons. The third kappa shape index (κ3) is 1.25. The van der Waals surface area contributed by atoms with Crippen LogP contribution in [-0.2, 0) is 6.42 Å². The van der Waals surface area contributed by atoms with Crippen LogP contribution in [0.5, 0.6) is 0 Å². The SMILES string of the molecule is CCc1nc(Cl)c2cc(N)ccn12. The van der Waals surface area contributed by atoms with Crippen molar-refractivity contribution >= 4 is 22.8 Å². The Kier molecular flexibility index (Phi) is 1.88. The van der Waals surface area contributed by atoms with Crippen LogP contribution in [0.2, 0.25) is 5.15 Å². The van der Waals surface area contributed by atoms with E-state index in [1.807, 2.05) is 29.7 Å². The van der Waals surface area contributed by atoms with E-state index in [1.165, 1.54) is 0 Å². The van der Waals surface area contributed by atoms with Crippen molar-refractivity contribution in [3.8, 4) is 0 Å². The topological polar surface area (TPSA) is 43.3 Å². The molecule has 2 heterocycles. The number of halogens is 1.